The number of hydrogen-bond donors (Lipinski definition) is 1. The van der Waals surface area contributed by atoms with Crippen molar-refractivity contribution in [2.75, 3.05) is 45.9 Å². The van der Waals surface area contributed by atoms with Crippen molar-refractivity contribution in [3.63, 3.8) is 0 Å². The third kappa shape index (κ3) is 4.96. The van der Waals surface area contributed by atoms with Crippen molar-refractivity contribution in [1.82, 2.24) is 15.1 Å². The molecule has 2 fully saturated rings. The summed E-state index contributed by atoms with van der Waals surface area (Å²) in [5, 5.41) is 3.58. The lowest BCUT2D eigenvalue weighted by Crippen LogP contribution is -2.52. The van der Waals surface area contributed by atoms with Crippen LogP contribution in [-0.4, -0.2) is 61.7 Å². The molecule has 0 amide bonds. The van der Waals surface area contributed by atoms with Gasteiger partial charge < -0.3 is 15.0 Å². The van der Waals surface area contributed by atoms with Gasteiger partial charge >= 0.3 is 0 Å². The fourth-order valence-electron chi connectivity index (χ4n) is 4.19. The Morgan fingerprint density at radius 2 is 1.92 bits per heavy atom. The van der Waals surface area contributed by atoms with E-state index < -0.39 is 0 Å². The lowest BCUT2D eigenvalue weighted by molar-refractivity contribution is 0.0911. The average Bonchev–Trinajstić information content (AvgIpc) is 2.62. The Labute approximate surface area is 153 Å². The Balaban J connectivity index is 1.81. The number of nitrogens with zero attached hydrogens (tertiary/aromatic N) is 2. The van der Waals surface area contributed by atoms with Crippen LogP contribution in [0, 0.1) is 5.92 Å². The van der Waals surface area contributed by atoms with E-state index in [-0.39, 0.29) is 0 Å². The highest BCUT2D eigenvalue weighted by molar-refractivity contribution is 5.36. The second-order valence-electron chi connectivity index (χ2n) is 7.82. The first-order valence-electron chi connectivity index (χ1n) is 10.1. The van der Waals surface area contributed by atoms with Gasteiger partial charge in [0.1, 0.15) is 5.75 Å². The summed E-state index contributed by atoms with van der Waals surface area (Å²) in [6.45, 7) is 14.3. The Morgan fingerprint density at radius 3 is 2.64 bits per heavy atom. The van der Waals surface area contributed by atoms with E-state index in [4.69, 9.17) is 4.74 Å². The first-order valence-corrected chi connectivity index (χ1v) is 10.1. The molecule has 1 aromatic rings. The van der Waals surface area contributed by atoms with E-state index >= 15 is 0 Å². The molecule has 2 atom stereocenters. The number of hydrogen-bond acceptors (Lipinski definition) is 4. The summed E-state index contributed by atoms with van der Waals surface area (Å²) in [5.74, 6) is 1.94. The SMILES string of the molecule is CCOc1ccccc1C(CN1CCC(C)CC1)N1CCNC(C)C1. The topological polar surface area (TPSA) is 27.7 Å². The Bertz CT molecular complexity index is 528. The summed E-state index contributed by atoms with van der Waals surface area (Å²) < 4.78 is 5.98. The van der Waals surface area contributed by atoms with Gasteiger partial charge in [-0.05, 0) is 51.8 Å². The maximum absolute atomic E-state index is 5.98. The molecule has 0 radical (unpaired) electrons. The molecule has 0 spiro atoms. The predicted octanol–water partition coefficient (Wildman–Crippen LogP) is 3.15. The number of rotatable bonds is 6. The number of likely N-dealkylation sites (tertiary alicyclic amines) is 1. The summed E-state index contributed by atoms with van der Waals surface area (Å²) in [4.78, 5) is 5.33. The van der Waals surface area contributed by atoms with Crippen molar-refractivity contribution >= 4 is 0 Å². The number of ether oxygens (including phenoxy) is 1. The molecule has 2 saturated heterocycles. The maximum Gasteiger partial charge on any atom is 0.124 e. The molecule has 0 aromatic heterocycles. The zero-order valence-electron chi connectivity index (χ0n) is 16.2. The van der Waals surface area contributed by atoms with E-state index in [1.165, 1.54) is 31.5 Å². The lowest BCUT2D eigenvalue weighted by atomic mass is 9.96. The van der Waals surface area contributed by atoms with Crippen LogP contribution in [0.2, 0.25) is 0 Å². The Kier molecular flexibility index (Phi) is 6.74. The van der Waals surface area contributed by atoms with E-state index in [0.29, 0.717) is 12.1 Å². The van der Waals surface area contributed by atoms with Crippen LogP contribution >= 0.6 is 0 Å². The van der Waals surface area contributed by atoms with Crippen LogP contribution in [-0.2, 0) is 0 Å². The van der Waals surface area contributed by atoms with Gasteiger partial charge in [-0.15, -0.1) is 0 Å². The molecule has 0 saturated carbocycles. The van der Waals surface area contributed by atoms with Gasteiger partial charge in [0.2, 0.25) is 0 Å². The van der Waals surface area contributed by atoms with Crippen LogP contribution in [0.5, 0.6) is 5.75 Å². The van der Waals surface area contributed by atoms with E-state index in [0.717, 1.165) is 44.5 Å². The van der Waals surface area contributed by atoms with Gasteiger partial charge in [0.05, 0.1) is 12.6 Å². The van der Waals surface area contributed by atoms with Gasteiger partial charge in [0, 0.05) is 37.8 Å². The van der Waals surface area contributed by atoms with Gasteiger partial charge in [0.25, 0.3) is 0 Å². The molecule has 2 heterocycles. The fraction of sp³-hybridized carbons (Fsp3) is 0.714. The second kappa shape index (κ2) is 9.02. The minimum Gasteiger partial charge on any atom is -0.494 e. The fourth-order valence-corrected chi connectivity index (χ4v) is 4.19. The van der Waals surface area contributed by atoms with Gasteiger partial charge in [-0.2, -0.15) is 0 Å². The highest BCUT2D eigenvalue weighted by Crippen LogP contribution is 2.32. The van der Waals surface area contributed by atoms with Gasteiger partial charge in [-0.3, -0.25) is 4.90 Å². The first-order chi connectivity index (χ1) is 12.2. The number of piperidine rings is 1. The molecule has 1 N–H and O–H groups in total. The van der Waals surface area contributed by atoms with Crippen molar-refractivity contribution < 1.29 is 4.74 Å². The molecule has 4 nitrogen and oxygen atoms in total. The summed E-state index contributed by atoms with van der Waals surface area (Å²) in [7, 11) is 0. The van der Waals surface area contributed by atoms with Gasteiger partial charge in [-0.25, -0.2) is 0 Å². The Hall–Kier alpha value is -1.10. The van der Waals surface area contributed by atoms with E-state index in [1.807, 2.05) is 0 Å². The number of benzene rings is 1. The van der Waals surface area contributed by atoms with E-state index in [1.54, 1.807) is 0 Å². The molecule has 140 valence electrons. The average molecular weight is 346 g/mol. The van der Waals surface area contributed by atoms with Gasteiger partial charge in [0.15, 0.2) is 0 Å². The first kappa shape index (κ1) is 18.7. The molecule has 25 heavy (non-hydrogen) atoms. The molecule has 0 bridgehead atoms. The standard InChI is InChI=1S/C21H35N3O/c1-4-25-21-8-6-5-7-19(21)20(24-14-11-22-18(3)15-24)16-23-12-9-17(2)10-13-23/h5-8,17-18,20,22H,4,9-16H2,1-3H3. The molecule has 2 aliphatic heterocycles. The third-order valence-corrected chi connectivity index (χ3v) is 5.73. The minimum atomic E-state index is 0.417. The highest BCUT2D eigenvalue weighted by Gasteiger charge is 2.29. The van der Waals surface area contributed by atoms with Crippen molar-refractivity contribution in [1.29, 1.82) is 0 Å². The summed E-state index contributed by atoms with van der Waals surface area (Å²) in [6.07, 6.45) is 2.66. The molecule has 2 unspecified atom stereocenters. The normalized spacial score (nSPS) is 25.0. The molecule has 2 aliphatic rings. The van der Waals surface area contributed by atoms with Crippen LogP contribution in [0.15, 0.2) is 24.3 Å². The van der Waals surface area contributed by atoms with Gasteiger partial charge in [-0.1, -0.05) is 25.1 Å². The number of piperazine rings is 1. The zero-order chi connectivity index (χ0) is 17.6. The van der Waals surface area contributed by atoms with E-state index in [2.05, 4.69) is 60.2 Å². The molecule has 4 heteroatoms. The highest BCUT2D eigenvalue weighted by atomic mass is 16.5. The summed E-state index contributed by atoms with van der Waals surface area (Å²) in [5.41, 5.74) is 1.36. The van der Waals surface area contributed by atoms with E-state index in [9.17, 15) is 0 Å². The van der Waals surface area contributed by atoms with Crippen LogP contribution in [0.4, 0.5) is 0 Å². The smallest absolute Gasteiger partial charge is 0.124 e. The predicted molar refractivity (Wildman–Crippen MR) is 104 cm³/mol. The van der Waals surface area contributed by atoms with Crippen LogP contribution < -0.4 is 10.1 Å². The monoisotopic (exact) mass is 345 g/mol. The van der Waals surface area contributed by atoms with Crippen molar-refractivity contribution in [3.05, 3.63) is 29.8 Å². The molecular formula is C21H35N3O. The lowest BCUT2D eigenvalue weighted by Gasteiger charge is -2.42. The summed E-state index contributed by atoms with van der Waals surface area (Å²) in [6, 6.07) is 9.63. The van der Waals surface area contributed by atoms with Crippen molar-refractivity contribution in [3.8, 4) is 5.75 Å². The summed E-state index contributed by atoms with van der Waals surface area (Å²) >= 11 is 0. The van der Waals surface area contributed by atoms with Crippen LogP contribution in [0.25, 0.3) is 0 Å². The molecule has 0 aliphatic carbocycles. The number of para-hydroxylation sites is 1. The minimum absolute atomic E-state index is 0.417. The Morgan fingerprint density at radius 1 is 1.16 bits per heavy atom. The molecule has 1 aromatic carbocycles. The number of nitrogens with one attached hydrogen (secondary N) is 1. The second-order valence-corrected chi connectivity index (χ2v) is 7.82. The zero-order valence-corrected chi connectivity index (χ0v) is 16.2. The maximum atomic E-state index is 5.98. The van der Waals surface area contributed by atoms with Crippen LogP contribution in [0.3, 0.4) is 0 Å². The molecule has 3 rings (SSSR count). The van der Waals surface area contributed by atoms with Crippen molar-refractivity contribution in [2.45, 2.75) is 45.7 Å². The van der Waals surface area contributed by atoms with Crippen molar-refractivity contribution in [2.24, 2.45) is 5.92 Å². The van der Waals surface area contributed by atoms with Crippen LogP contribution in [0.1, 0.15) is 45.2 Å². The molecular weight excluding hydrogens is 310 g/mol. The third-order valence-electron chi connectivity index (χ3n) is 5.73. The largest absolute Gasteiger partial charge is 0.494 e. The quantitative estimate of drug-likeness (QED) is 0.857.